The molecule has 7 nitrogen and oxygen atoms in total. The highest BCUT2D eigenvalue weighted by atomic mass is 16.5. The van der Waals surface area contributed by atoms with Crippen LogP contribution in [0, 0.1) is 0 Å². The van der Waals surface area contributed by atoms with E-state index < -0.39 is 11.9 Å². The van der Waals surface area contributed by atoms with E-state index in [9.17, 15) is 9.59 Å². The predicted molar refractivity (Wildman–Crippen MR) is 118 cm³/mol. The molecule has 3 aromatic carbocycles. The predicted octanol–water partition coefficient (Wildman–Crippen LogP) is 3.67. The first-order valence-corrected chi connectivity index (χ1v) is 9.74. The zero-order chi connectivity index (χ0) is 21.5. The molecule has 7 heteroatoms. The Hall–Kier alpha value is -4.26. The van der Waals surface area contributed by atoms with Crippen LogP contribution in [0.1, 0.15) is 11.3 Å². The van der Waals surface area contributed by atoms with Gasteiger partial charge in [-0.1, -0.05) is 71.9 Å². The SMILES string of the molecule is O=C(COC(=O)/C=C/c1cn(Cc2ccccc2)nn1)Nc1cccc2ccccc12. The lowest BCUT2D eigenvalue weighted by atomic mass is 10.1. The number of fused-ring (bicyclic) bond motifs is 1. The van der Waals surface area contributed by atoms with Crippen LogP contribution in [-0.4, -0.2) is 33.5 Å². The molecule has 4 rings (SSSR count). The summed E-state index contributed by atoms with van der Waals surface area (Å²) in [6, 6.07) is 23.2. The van der Waals surface area contributed by atoms with E-state index in [4.69, 9.17) is 4.74 Å². The molecule has 0 unspecified atom stereocenters. The summed E-state index contributed by atoms with van der Waals surface area (Å²) in [4.78, 5) is 24.1. The number of hydrogen-bond acceptors (Lipinski definition) is 5. The lowest BCUT2D eigenvalue weighted by Gasteiger charge is -2.08. The molecule has 4 aromatic rings. The maximum Gasteiger partial charge on any atom is 0.331 e. The maximum atomic E-state index is 12.2. The number of nitrogens with zero attached hydrogens (tertiary/aromatic N) is 3. The minimum Gasteiger partial charge on any atom is -0.452 e. The van der Waals surface area contributed by atoms with Crippen LogP contribution in [0.25, 0.3) is 16.8 Å². The quantitative estimate of drug-likeness (QED) is 0.370. The summed E-state index contributed by atoms with van der Waals surface area (Å²) < 4.78 is 6.70. The number of carbonyl (C=O) groups is 2. The maximum absolute atomic E-state index is 12.2. The summed E-state index contributed by atoms with van der Waals surface area (Å²) in [6.45, 7) is 0.202. The highest BCUT2D eigenvalue weighted by Gasteiger charge is 2.08. The molecule has 1 amide bonds. The molecular formula is C24H20N4O3. The summed E-state index contributed by atoms with van der Waals surface area (Å²) >= 11 is 0. The Bertz CT molecular complexity index is 1230. The molecule has 0 saturated carbocycles. The zero-order valence-corrected chi connectivity index (χ0v) is 16.6. The van der Waals surface area contributed by atoms with Crippen LogP contribution in [0.2, 0.25) is 0 Å². The average Bonchev–Trinajstić information content (AvgIpc) is 3.24. The van der Waals surface area contributed by atoms with Crippen molar-refractivity contribution >= 4 is 34.4 Å². The molecule has 0 bridgehead atoms. The molecular weight excluding hydrogens is 392 g/mol. The van der Waals surface area contributed by atoms with Crippen molar-refractivity contribution in [2.24, 2.45) is 0 Å². The number of amides is 1. The number of rotatable bonds is 7. The molecule has 0 aliphatic rings. The number of aromatic nitrogens is 3. The molecule has 0 aliphatic carbocycles. The fourth-order valence-corrected chi connectivity index (χ4v) is 3.10. The summed E-state index contributed by atoms with van der Waals surface area (Å²) in [5, 5.41) is 12.7. The second kappa shape index (κ2) is 9.49. The van der Waals surface area contributed by atoms with Gasteiger partial charge in [0.15, 0.2) is 6.61 Å². The molecule has 31 heavy (non-hydrogen) atoms. The van der Waals surface area contributed by atoms with Gasteiger partial charge in [0.25, 0.3) is 5.91 Å². The third-order valence-electron chi connectivity index (χ3n) is 4.54. The van der Waals surface area contributed by atoms with Gasteiger partial charge in [-0.2, -0.15) is 0 Å². The number of anilines is 1. The Morgan fingerprint density at radius 1 is 0.968 bits per heavy atom. The van der Waals surface area contributed by atoms with Crippen molar-refractivity contribution in [3.8, 4) is 0 Å². The van der Waals surface area contributed by atoms with E-state index in [1.54, 1.807) is 16.9 Å². The smallest absolute Gasteiger partial charge is 0.331 e. The molecule has 1 N–H and O–H groups in total. The van der Waals surface area contributed by atoms with Crippen LogP contribution in [0.15, 0.2) is 85.1 Å². The minimum atomic E-state index is -0.634. The lowest BCUT2D eigenvalue weighted by molar-refractivity contribution is -0.142. The van der Waals surface area contributed by atoms with Gasteiger partial charge in [0.1, 0.15) is 5.69 Å². The summed E-state index contributed by atoms with van der Waals surface area (Å²) in [5.41, 5.74) is 2.29. The molecule has 0 saturated heterocycles. The third-order valence-corrected chi connectivity index (χ3v) is 4.54. The molecule has 1 aromatic heterocycles. The third kappa shape index (κ3) is 5.42. The van der Waals surface area contributed by atoms with Gasteiger partial charge in [-0.05, 0) is 23.1 Å². The standard InChI is InChI=1S/C24H20N4O3/c29-23(25-22-12-6-10-19-9-4-5-11-21(19)22)17-31-24(30)14-13-20-16-28(27-26-20)15-18-7-2-1-3-8-18/h1-14,16H,15,17H2,(H,25,29)/b14-13+. The first kappa shape index (κ1) is 20.0. The second-order valence-electron chi connectivity index (χ2n) is 6.84. The van der Waals surface area contributed by atoms with E-state index >= 15 is 0 Å². The van der Waals surface area contributed by atoms with Crippen LogP contribution >= 0.6 is 0 Å². The van der Waals surface area contributed by atoms with Crippen LogP contribution in [0.5, 0.6) is 0 Å². The normalized spacial score (nSPS) is 11.0. The molecule has 154 valence electrons. The number of esters is 1. The fraction of sp³-hybridized carbons (Fsp3) is 0.0833. The zero-order valence-electron chi connectivity index (χ0n) is 16.6. The van der Waals surface area contributed by atoms with E-state index in [2.05, 4.69) is 15.6 Å². The monoisotopic (exact) mass is 412 g/mol. The Morgan fingerprint density at radius 3 is 2.61 bits per heavy atom. The van der Waals surface area contributed by atoms with E-state index in [-0.39, 0.29) is 6.61 Å². The van der Waals surface area contributed by atoms with Crippen molar-refractivity contribution in [3.05, 3.63) is 96.3 Å². The van der Waals surface area contributed by atoms with Gasteiger partial charge in [-0.3, -0.25) is 4.79 Å². The van der Waals surface area contributed by atoms with Gasteiger partial charge in [0.2, 0.25) is 0 Å². The Balaban J connectivity index is 1.28. The number of hydrogen-bond donors (Lipinski definition) is 1. The van der Waals surface area contributed by atoms with Crippen LogP contribution < -0.4 is 5.32 Å². The second-order valence-corrected chi connectivity index (χ2v) is 6.84. The molecule has 0 atom stereocenters. The molecule has 0 fully saturated rings. The van der Waals surface area contributed by atoms with Crippen molar-refractivity contribution in [1.29, 1.82) is 0 Å². The molecule has 1 heterocycles. The Kier molecular flexibility index (Phi) is 6.13. The number of nitrogens with one attached hydrogen (secondary N) is 1. The van der Waals surface area contributed by atoms with Crippen molar-refractivity contribution < 1.29 is 14.3 Å². The molecule has 0 radical (unpaired) electrons. The van der Waals surface area contributed by atoms with Gasteiger partial charge >= 0.3 is 5.97 Å². The lowest BCUT2D eigenvalue weighted by Crippen LogP contribution is -2.20. The van der Waals surface area contributed by atoms with E-state index in [0.717, 1.165) is 16.3 Å². The average molecular weight is 412 g/mol. The largest absolute Gasteiger partial charge is 0.452 e. The van der Waals surface area contributed by atoms with Crippen molar-refractivity contribution in [2.45, 2.75) is 6.54 Å². The minimum absolute atomic E-state index is 0.382. The highest BCUT2D eigenvalue weighted by Crippen LogP contribution is 2.22. The van der Waals surface area contributed by atoms with Crippen molar-refractivity contribution in [1.82, 2.24) is 15.0 Å². The molecule has 0 aliphatic heterocycles. The van der Waals surface area contributed by atoms with Gasteiger partial charge in [-0.25, -0.2) is 9.48 Å². The van der Waals surface area contributed by atoms with E-state index in [1.807, 2.05) is 66.7 Å². The first-order chi connectivity index (χ1) is 15.2. The summed E-state index contributed by atoms with van der Waals surface area (Å²) in [5.74, 6) is -1.04. The highest BCUT2D eigenvalue weighted by molar-refractivity contribution is 6.03. The summed E-state index contributed by atoms with van der Waals surface area (Å²) in [6.07, 6.45) is 4.45. The van der Waals surface area contributed by atoms with Gasteiger partial charge in [-0.15, -0.1) is 5.10 Å². The van der Waals surface area contributed by atoms with Gasteiger partial charge < -0.3 is 10.1 Å². The Morgan fingerprint density at radius 2 is 1.74 bits per heavy atom. The number of benzene rings is 3. The van der Waals surface area contributed by atoms with Gasteiger partial charge in [0, 0.05) is 17.1 Å². The van der Waals surface area contributed by atoms with Crippen LogP contribution in [0.3, 0.4) is 0 Å². The van der Waals surface area contributed by atoms with Gasteiger partial charge in [0.05, 0.1) is 12.7 Å². The van der Waals surface area contributed by atoms with Crippen molar-refractivity contribution in [2.75, 3.05) is 11.9 Å². The first-order valence-electron chi connectivity index (χ1n) is 9.74. The topological polar surface area (TPSA) is 86.1 Å². The number of carbonyl (C=O) groups excluding carboxylic acids is 2. The summed E-state index contributed by atoms with van der Waals surface area (Å²) in [7, 11) is 0. The fourth-order valence-electron chi connectivity index (χ4n) is 3.10. The van der Waals surface area contributed by atoms with Crippen LogP contribution in [0.4, 0.5) is 5.69 Å². The van der Waals surface area contributed by atoms with E-state index in [1.165, 1.54) is 12.2 Å². The Labute approximate surface area is 179 Å². The number of ether oxygens (including phenoxy) is 1. The molecule has 0 spiro atoms. The van der Waals surface area contributed by atoms with E-state index in [0.29, 0.717) is 17.9 Å². The van der Waals surface area contributed by atoms with Crippen molar-refractivity contribution in [3.63, 3.8) is 0 Å². The van der Waals surface area contributed by atoms with Crippen LogP contribution in [-0.2, 0) is 20.9 Å².